The predicted octanol–water partition coefficient (Wildman–Crippen LogP) is 3.40. The Kier molecular flexibility index (Phi) is 3.28. The summed E-state index contributed by atoms with van der Waals surface area (Å²) in [6.45, 7) is 0.378. The molecule has 0 saturated heterocycles. The summed E-state index contributed by atoms with van der Waals surface area (Å²) in [5, 5.41) is 0.588. The molecule has 3 nitrogen and oxygen atoms in total. The van der Waals surface area contributed by atoms with Gasteiger partial charge in [-0.25, -0.2) is 4.98 Å². The molecule has 2 aromatic rings. The standard InChI is InChI=1S/C10H8BrClN2O/c11-7-1-2-8(12)9(5-7)15-6-10-13-3-4-14-10/h1-5H,6H2,(H,13,14). The van der Waals surface area contributed by atoms with Gasteiger partial charge in [0.25, 0.3) is 0 Å². The molecule has 0 atom stereocenters. The van der Waals surface area contributed by atoms with Crippen LogP contribution in [-0.4, -0.2) is 9.97 Å². The van der Waals surface area contributed by atoms with Gasteiger partial charge in [0.05, 0.1) is 5.02 Å². The Balaban J connectivity index is 2.07. The lowest BCUT2D eigenvalue weighted by atomic mass is 10.3. The summed E-state index contributed by atoms with van der Waals surface area (Å²) >= 11 is 9.31. The number of ether oxygens (including phenoxy) is 1. The first-order valence-corrected chi connectivity index (χ1v) is 5.49. The van der Waals surface area contributed by atoms with Gasteiger partial charge in [0, 0.05) is 16.9 Å². The fourth-order valence-electron chi connectivity index (χ4n) is 1.11. The second-order valence-corrected chi connectivity index (χ2v) is 4.22. The zero-order chi connectivity index (χ0) is 10.7. The van der Waals surface area contributed by atoms with E-state index in [0.717, 1.165) is 10.3 Å². The third-order valence-corrected chi connectivity index (χ3v) is 2.62. The van der Waals surface area contributed by atoms with E-state index in [1.165, 1.54) is 0 Å². The van der Waals surface area contributed by atoms with Crippen LogP contribution in [0.2, 0.25) is 5.02 Å². The van der Waals surface area contributed by atoms with Crippen molar-refractivity contribution in [3.05, 3.63) is 45.9 Å². The van der Waals surface area contributed by atoms with Crippen molar-refractivity contribution in [3.8, 4) is 5.75 Å². The van der Waals surface area contributed by atoms with Crippen LogP contribution in [0.5, 0.6) is 5.75 Å². The molecule has 0 aliphatic heterocycles. The Morgan fingerprint density at radius 3 is 3.07 bits per heavy atom. The average Bonchev–Trinajstić information content (AvgIpc) is 2.72. The number of benzene rings is 1. The van der Waals surface area contributed by atoms with Gasteiger partial charge in [-0.2, -0.15) is 0 Å². The van der Waals surface area contributed by atoms with E-state index in [1.54, 1.807) is 18.5 Å². The van der Waals surface area contributed by atoms with Gasteiger partial charge < -0.3 is 9.72 Å². The summed E-state index contributed by atoms with van der Waals surface area (Å²) in [7, 11) is 0. The molecule has 2 rings (SSSR count). The summed E-state index contributed by atoms with van der Waals surface area (Å²) in [5.74, 6) is 1.41. The molecule has 1 N–H and O–H groups in total. The summed E-state index contributed by atoms with van der Waals surface area (Å²) in [6, 6.07) is 5.47. The number of nitrogens with zero attached hydrogens (tertiary/aromatic N) is 1. The van der Waals surface area contributed by atoms with Gasteiger partial charge in [0.15, 0.2) is 0 Å². The lowest BCUT2D eigenvalue weighted by Crippen LogP contribution is -1.97. The fourth-order valence-corrected chi connectivity index (χ4v) is 1.62. The highest BCUT2D eigenvalue weighted by Crippen LogP contribution is 2.28. The minimum absolute atomic E-state index is 0.378. The highest BCUT2D eigenvalue weighted by atomic mass is 79.9. The van der Waals surface area contributed by atoms with Crippen LogP contribution in [0.1, 0.15) is 5.82 Å². The van der Waals surface area contributed by atoms with Crippen LogP contribution in [0.25, 0.3) is 0 Å². The first-order chi connectivity index (χ1) is 7.25. The summed E-state index contributed by atoms with van der Waals surface area (Å²) in [5.41, 5.74) is 0. The number of hydrogen-bond acceptors (Lipinski definition) is 2. The van der Waals surface area contributed by atoms with Crippen molar-refractivity contribution in [2.75, 3.05) is 0 Å². The molecule has 0 aliphatic rings. The van der Waals surface area contributed by atoms with Crippen molar-refractivity contribution in [2.45, 2.75) is 6.61 Å². The van der Waals surface area contributed by atoms with Crippen molar-refractivity contribution in [1.82, 2.24) is 9.97 Å². The van der Waals surface area contributed by atoms with E-state index < -0.39 is 0 Å². The lowest BCUT2D eigenvalue weighted by Gasteiger charge is -2.06. The summed E-state index contributed by atoms with van der Waals surface area (Å²) in [4.78, 5) is 7.00. The minimum atomic E-state index is 0.378. The van der Waals surface area contributed by atoms with E-state index in [1.807, 2.05) is 12.1 Å². The number of imidazole rings is 1. The third-order valence-electron chi connectivity index (χ3n) is 1.81. The number of hydrogen-bond donors (Lipinski definition) is 1. The summed E-state index contributed by atoms with van der Waals surface area (Å²) in [6.07, 6.45) is 3.43. The van der Waals surface area contributed by atoms with Crippen molar-refractivity contribution >= 4 is 27.5 Å². The summed E-state index contributed by atoms with van der Waals surface area (Å²) < 4.78 is 6.44. The molecule has 0 unspecified atom stereocenters. The number of H-pyrrole nitrogens is 1. The molecule has 0 saturated carbocycles. The van der Waals surface area contributed by atoms with Gasteiger partial charge in [-0.1, -0.05) is 27.5 Å². The van der Waals surface area contributed by atoms with Crippen LogP contribution in [-0.2, 0) is 6.61 Å². The Hall–Kier alpha value is -1.00. The predicted molar refractivity (Wildman–Crippen MR) is 62.1 cm³/mol. The molecule has 1 heterocycles. The number of halogens is 2. The Morgan fingerprint density at radius 2 is 2.33 bits per heavy atom. The van der Waals surface area contributed by atoms with E-state index in [2.05, 4.69) is 25.9 Å². The van der Waals surface area contributed by atoms with Crippen LogP contribution in [0.4, 0.5) is 0 Å². The van der Waals surface area contributed by atoms with Gasteiger partial charge in [0.2, 0.25) is 0 Å². The van der Waals surface area contributed by atoms with Crippen LogP contribution in [0.15, 0.2) is 35.1 Å². The number of nitrogens with one attached hydrogen (secondary N) is 1. The quantitative estimate of drug-likeness (QED) is 0.939. The Morgan fingerprint density at radius 1 is 1.47 bits per heavy atom. The van der Waals surface area contributed by atoms with Crippen molar-refractivity contribution in [1.29, 1.82) is 0 Å². The van der Waals surface area contributed by atoms with E-state index in [-0.39, 0.29) is 0 Å². The first kappa shape index (κ1) is 10.5. The molecule has 5 heteroatoms. The Labute approximate surface area is 101 Å². The topological polar surface area (TPSA) is 37.9 Å². The second-order valence-electron chi connectivity index (χ2n) is 2.90. The molecule has 78 valence electrons. The molecule has 1 aromatic heterocycles. The molecule has 15 heavy (non-hydrogen) atoms. The average molecular weight is 288 g/mol. The van der Waals surface area contributed by atoms with Gasteiger partial charge in [0.1, 0.15) is 18.2 Å². The maximum absolute atomic E-state index is 5.96. The molecule has 0 bridgehead atoms. The van der Waals surface area contributed by atoms with E-state index in [4.69, 9.17) is 16.3 Å². The third kappa shape index (κ3) is 2.73. The zero-order valence-electron chi connectivity index (χ0n) is 7.71. The van der Waals surface area contributed by atoms with E-state index >= 15 is 0 Å². The van der Waals surface area contributed by atoms with Crippen LogP contribution in [0.3, 0.4) is 0 Å². The van der Waals surface area contributed by atoms with Crippen molar-refractivity contribution in [3.63, 3.8) is 0 Å². The number of aromatic amines is 1. The molecule has 0 aliphatic carbocycles. The fraction of sp³-hybridized carbons (Fsp3) is 0.100. The number of aromatic nitrogens is 2. The first-order valence-electron chi connectivity index (χ1n) is 4.32. The Bertz CT molecular complexity index is 445. The van der Waals surface area contributed by atoms with Gasteiger partial charge in [-0.3, -0.25) is 0 Å². The lowest BCUT2D eigenvalue weighted by molar-refractivity contribution is 0.297. The molecule has 0 fully saturated rings. The van der Waals surface area contributed by atoms with E-state index in [9.17, 15) is 0 Å². The largest absolute Gasteiger partial charge is 0.484 e. The van der Waals surface area contributed by atoms with Crippen LogP contribution in [0, 0.1) is 0 Å². The minimum Gasteiger partial charge on any atom is -0.484 e. The van der Waals surface area contributed by atoms with Gasteiger partial charge in [-0.15, -0.1) is 0 Å². The van der Waals surface area contributed by atoms with Crippen molar-refractivity contribution in [2.24, 2.45) is 0 Å². The monoisotopic (exact) mass is 286 g/mol. The maximum Gasteiger partial charge on any atom is 0.146 e. The molecule has 0 spiro atoms. The highest BCUT2D eigenvalue weighted by molar-refractivity contribution is 9.10. The van der Waals surface area contributed by atoms with E-state index in [0.29, 0.717) is 17.4 Å². The van der Waals surface area contributed by atoms with Crippen molar-refractivity contribution < 1.29 is 4.74 Å². The van der Waals surface area contributed by atoms with Gasteiger partial charge >= 0.3 is 0 Å². The molecular formula is C10H8BrClN2O. The zero-order valence-corrected chi connectivity index (χ0v) is 10.0. The molecule has 0 radical (unpaired) electrons. The smallest absolute Gasteiger partial charge is 0.146 e. The van der Waals surface area contributed by atoms with Gasteiger partial charge in [-0.05, 0) is 18.2 Å². The second kappa shape index (κ2) is 4.68. The number of rotatable bonds is 3. The highest BCUT2D eigenvalue weighted by Gasteiger charge is 2.03. The SMILES string of the molecule is Clc1ccc(Br)cc1OCc1ncc[nH]1. The molecule has 1 aromatic carbocycles. The van der Waals surface area contributed by atoms with Crippen LogP contribution >= 0.6 is 27.5 Å². The normalized spacial score (nSPS) is 10.3. The maximum atomic E-state index is 5.96. The molecule has 0 amide bonds. The molecular weight excluding hydrogens is 279 g/mol. The van der Waals surface area contributed by atoms with Crippen LogP contribution < -0.4 is 4.74 Å².